The third-order valence-corrected chi connectivity index (χ3v) is 2.78. The van der Waals surface area contributed by atoms with Crippen molar-refractivity contribution < 1.29 is 19.5 Å². The molecular weight excluding hydrogens is 249 g/mol. The quantitative estimate of drug-likeness (QED) is 0.434. The summed E-state index contributed by atoms with van der Waals surface area (Å²) in [5.74, 6) is -1.04. The van der Waals surface area contributed by atoms with E-state index in [1.165, 1.54) is 6.92 Å². The first-order valence-electron chi connectivity index (χ1n) is 4.80. The highest BCUT2D eigenvalue weighted by Gasteiger charge is 2.23. The second-order valence-corrected chi connectivity index (χ2v) is 3.98. The summed E-state index contributed by atoms with van der Waals surface area (Å²) in [5.41, 5.74) is -0.195. The van der Waals surface area contributed by atoms with Crippen molar-refractivity contribution in [2.24, 2.45) is 0 Å². The van der Waals surface area contributed by atoms with Gasteiger partial charge in [0.05, 0.1) is 11.0 Å². The van der Waals surface area contributed by atoms with Crippen LogP contribution in [0.5, 0.6) is 0 Å². The number of nitro benzene ring substituents is 1. The van der Waals surface area contributed by atoms with Crippen LogP contribution >= 0.6 is 12.6 Å². The second kappa shape index (κ2) is 5.44. The lowest BCUT2D eigenvalue weighted by Gasteiger charge is -2.18. The van der Waals surface area contributed by atoms with E-state index in [0.717, 1.165) is 12.1 Å². The number of rotatable bonds is 4. The van der Waals surface area contributed by atoms with Gasteiger partial charge in [-0.3, -0.25) is 10.1 Å². The van der Waals surface area contributed by atoms with Gasteiger partial charge in [-0.15, -0.1) is 0 Å². The van der Waals surface area contributed by atoms with Crippen LogP contribution in [0.2, 0.25) is 0 Å². The lowest BCUT2D eigenvalue weighted by atomic mass is 9.99. The molecule has 17 heavy (non-hydrogen) atoms. The zero-order chi connectivity index (χ0) is 13.2. The molecule has 0 aliphatic heterocycles. The van der Waals surface area contributed by atoms with Crippen LogP contribution in [0.15, 0.2) is 12.1 Å². The molecule has 0 aliphatic rings. The summed E-state index contributed by atoms with van der Waals surface area (Å²) < 4.78 is 13.4. The van der Waals surface area contributed by atoms with Gasteiger partial charge in [0.2, 0.25) is 5.82 Å². The van der Waals surface area contributed by atoms with Crippen molar-refractivity contribution in [1.82, 2.24) is 0 Å². The van der Waals surface area contributed by atoms with Gasteiger partial charge >= 0.3 is 5.69 Å². The molecule has 94 valence electrons. The zero-order valence-corrected chi connectivity index (χ0v) is 9.89. The van der Waals surface area contributed by atoms with Crippen molar-refractivity contribution in [2.45, 2.75) is 19.1 Å². The average Bonchev–Trinajstić information content (AvgIpc) is 2.29. The van der Waals surface area contributed by atoms with Gasteiger partial charge in [-0.05, 0) is 24.1 Å². The molecule has 5 nitrogen and oxygen atoms in total. The van der Waals surface area contributed by atoms with Crippen LogP contribution in [0, 0.1) is 22.9 Å². The Kier molecular flexibility index (Phi) is 4.44. The molecule has 2 unspecified atom stereocenters. The number of thiol groups is 1. The van der Waals surface area contributed by atoms with Gasteiger partial charge in [-0.25, -0.2) is 0 Å². The van der Waals surface area contributed by atoms with E-state index in [1.54, 1.807) is 0 Å². The summed E-state index contributed by atoms with van der Waals surface area (Å²) >= 11 is 3.81. The van der Waals surface area contributed by atoms with E-state index < -0.39 is 28.6 Å². The van der Waals surface area contributed by atoms with E-state index in [2.05, 4.69) is 12.6 Å². The molecule has 0 radical (unpaired) electrons. The lowest BCUT2D eigenvalue weighted by molar-refractivity contribution is -0.387. The predicted molar refractivity (Wildman–Crippen MR) is 62.6 cm³/mol. The summed E-state index contributed by atoms with van der Waals surface area (Å²) in [6, 6.07) is 1.89. The first-order valence-corrected chi connectivity index (χ1v) is 5.43. The molecule has 0 spiro atoms. The molecule has 0 bridgehead atoms. The van der Waals surface area contributed by atoms with Gasteiger partial charge < -0.3 is 10.2 Å². The zero-order valence-electron chi connectivity index (χ0n) is 9.00. The summed E-state index contributed by atoms with van der Waals surface area (Å²) in [4.78, 5) is 9.65. The lowest BCUT2D eigenvalue weighted by Crippen LogP contribution is -2.20. The van der Waals surface area contributed by atoms with E-state index in [9.17, 15) is 24.7 Å². The van der Waals surface area contributed by atoms with Crippen molar-refractivity contribution in [3.8, 4) is 0 Å². The Labute approximate surface area is 102 Å². The normalized spacial score (nSPS) is 14.4. The molecule has 1 aromatic rings. The minimum Gasteiger partial charge on any atom is -0.389 e. The van der Waals surface area contributed by atoms with Gasteiger partial charge in [0.25, 0.3) is 0 Å². The third-order valence-electron chi connectivity index (χ3n) is 2.40. The molecule has 2 atom stereocenters. The maximum atomic E-state index is 13.4. The van der Waals surface area contributed by atoms with Crippen LogP contribution in [-0.2, 0) is 0 Å². The van der Waals surface area contributed by atoms with E-state index in [-0.39, 0.29) is 11.3 Å². The Morgan fingerprint density at radius 3 is 2.59 bits per heavy atom. The van der Waals surface area contributed by atoms with Gasteiger partial charge in [0, 0.05) is 11.8 Å². The fraction of sp³-hybridized carbons (Fsp3) is 0.400. The minimum absolute atomic E-state index is 0.000781. The van der Waals surface area contributed by atoms with Crippen molar-refractivity contribution in [3.05, 3.63) is 39.2 Å². The van der Waals surface area contributed by atoms with E-state index in [0.29, 0.717) is 5.56 Å². The highest BCUT2D eigenvalue weighted by atomic mass is 32.1. The van der Waals surface area contributed by atoms with Crippen LogP contribution in [0.25, 0.3) is 0 Å². The van der Waals surface area contributed by atoms with Gasteiger partial charge in [-0.1, -0.05) is 0 Å². The highest BCUT2D eigenvalue weighted by molar-refractivity contribution is 7.80. The van der Waals surface area contributed by atoms with Gasteiger partial charge in [0.15, 0.2) is 0 Å². The maximum Gasteiger partial charge on any atom is 0.305 e. The Hall–Kier alpha value is -1.18. The van der Waals surface area contributed by atoms with Crippen molar-refractivity contribution in [1.29, 1.82) is 0 Å². The summed E-state index contributed by atoms with van der Waals surface area (Å²) in [6.45, 7) is 1.50. The largest absolute Gasteiger partial charge is 0.389 e. The van der Waals surface area contributed by atoms with Crippen LogP contribution in [-0.4, -0.2) is 27.0 Å². The van der Waals surface area contributed by atoms with Gasteiger partial charge in [0.1, 0.15) is 6.10 Å². The number of benzene rings is 1. The maximum absolute atomic E-state index is 13.4. The molecule has 0 aromatic heterocycles. The Morgan fingerprint density at radius 2 is 2.12 bits per heavy atom. The molecule has 0 saturated carbocycles. The van der Waals surface area contributed by atoms with E-state index >= 15 is 0 Å². The van der Waals surface area contributed by atoms with E-state index in [4.69, 9.17) is 0 Å². The predicted octanol–water partition coefficient (Wildman–Crippen LogP) is 1.37. The van der Waals surface area contributed by atoms with Gasteiger partial charge in [-0.2, -0.15) is 17.0 Å². The van der Waals surface area contributed by atoms with Crippen LogP contribution < -0.4 is 0 Å². The number of aliphatic hydroxyl groups is 2. The van der Waals surface area contributed by atoms with Crippen molar-refractivity contribution >= 4 is 18.3 Å². The summed E-state index contributed by atoms with van der Waals surface area (Å²) in [6.07, 6.45) is -2.47. The molecule has 2 N–H and O–H groups in total. The fourth-order valence-electron chi connectivity index (χ4n) is 1.45. The number of nitro groups is 1. The molecule has 0 fully saturated rings. The Bertz CT molecular complexity index is 441. The number of hydrogen-bond donors (Lipinski definition) is 3. The van der Waals surface area contributed by atoms with Crippen molar-refractivity contribution in [3.63, 3.8) is 0 Å². The molecular formula is C10H12FNO4S. The SMILES string of the molecule is Cc1cc([N+](=O)[O-])c(F)cc1C(O)C(O)CS. The summed E-state index contributed by atoms with van der Waals surface area (Å²) in [7, 11) is 0. The number of hydrogen-bond acceptors (Lipinski definition) is 5. The Morgan fingerprint density at radius 1 is 1.53 bits per heavy atom. The Balaban J connectivity index is 3.20. The molecule has 0 amide bonds. The molecule has 7 heteroatoms. The standard InChI is InChI=1S/C10H12FNO4S/c1-5-2-8(12(15)16)7(11)3-6(5)10(14)9(13)4-17/h2-3,9-10,13-14,17H,4H2,1H3. The van der Waals surface area contributed by atoms with Crippen molar-refractivity contribution in [2.75, 3.05) is 5.75 Å². The minimum atomic E-state index is -1.32. The number of halogens is 1. The highest BCUT2D eigenvalue weighted by Crippen LogP contribution is 2.27. The molecule has 1 rings (SSSR count). The molecule has 0 saturated heterocycles. The van der Waals surface area contributed by atoms with E-state index in [1.807, 2.05) is 0 Å². The molecule has 0 aliphatic carbocycles. The second-order valence-electron chi connectivity index (χ2n) is 3.61. The van der Waals surface area contributed by atoms with Crippen LogP contribution in [0.4, 0.5) is 10.1 Å². The summed E-state index contributed by atoms with van der Waals surface area (Å²) in [5, 5.41) is 29.6. The number of aliphatic hydroxyl groups excluding tert-OH is 2. The molecule has 1 aromatic carbocycles. The first-order chi connectivity index (χ1) is 7.88. The molecule has 0 heterocycles. The third kappa shape index (κ3) is 2.93. The first kappa shape index (κ1) is 13.9. The fourth-order valence-corrected chi connectivity index (χ4v) is 1.65. The smallest absolute Gasteiger partial charge is 0.305 e. The van der Waals surface area contributed by atoms with Crippen LogP contribution in [0.3, 0.4) is 0 Å². The average molecular weight is 261 g/mol. The number of nitrogens with zero attached hydrogens (tertiary/aromatic N) is 1. The van der Waals surface area contributed by atoms with Crippen LogP contribution in [0.1, 0.15) is 17.2 Å². The monoisotopic (exact) mass is 261 g/mol. The number of aryl methyl sites for hydroxylation is 1. The topological polar surface area (TPSA) is 83.6 Å².